The molecule has 0 aliphatic rings. The van der Waals surface area contributed by atoms with Crippen molar-refractivity contribution in [1.82, 2.24) is 0 Å². The maximum atomic E-state index is 10.6. The smallest absolute Gasteiger partial charge is 0.331 e. The van der Waals surface area contributed by atoms with E-state index >= 15 is 0 Å². The molecule has 4 nitrogen and oxygen atoms in total. The number of halogens is 1. The second-order valence-electron chi connectivity index (χ2n) is 3.42. The molecule has 0 aromatic heterocycles. The average molecular weight is 256 g/mol. The van der Waals surface area contributed by atoms with Gasteiger partial charge in [-0.05, 0) is 19.1 Å². The van der Waals surface area contributed by atoms with Crippen LogP contribution in [0.5, 0.6) is 5.75 Å². The Hall–Kier alpha value is -1.68. The SMILES string of the molecule is COc1ccc(Cl)c(NC/C=C(/C)C(=O)O)c1. The number of carbonyl (C=O) groups is 1. The number of hydrogen-bond donors (Lipinski definition) is 2. The summed E-state index contributed by atoms with van der Waals surface area (Å²) in [4.78, 5) is 10.6. The van der Waals surface area contributed by atoms with Crippen molar-refractivity contribution < 1.29 is 14.6 Å². The summed E-state index contributed by atoms with van der Waals surface area (Å²) >= 11 is 5.98. The van der Waals surface area contributed by atoms with Crippen LogP contribution in [0.1, 0.15) is 6.92 Å². The highest BCUT2D eigenvalue weighted by Crippen LogP contribution is 2.26. The number of aliphatic carboxylic acids is 1. The highest BCUT2D eigenvalue weighted by Gasteiger charge is 2.02. The molecule has 1 aromatic carbocycles. The topological polar surface area (TPSA) is 58.6 Å². The van der Waals surface area contributed by atoms with Gasteiger partial charge in [0, 0.05) is 18.2 Å². The van der Waals surface area contributed by atoms with E-state index in [2.05, 4.69) is 5.32 Å². The Morgan fingerprint density at radius 1 is 1.59 bits per heavy atom. The van der Waals surface area contributed by atoms with Crippen molar-refractivity contribution in [1.29, 1.82) is 0 Å². The van der Waals surface area contributed by atoms with Crippen LogP contribution in [0.25, 0.3) is 0 Å². The van der Waals surface area contributed by atoms with Crippen LogP contribution in [0.3, 0.4) is 0 Å². The van der Waals surface area contributed by atoms with Gasteiger partial charge in [0.05, 0.1) is 17.8 Å². The fourth-order valence-corrected chi connectivity index (χ4v) is 1.35. The lowest BCUT2D eigenvalue weighted by atomic mass is 10.2. The van der Waals surface area contributed by atoms with E-state index in [4.69, 9.17) is 21.4 Å². The van der Waals surface area contributed by atoms with Crippen LogP contribution in [0.2, 0.25) is 5.02 Å². The predicted octanol–water partition coefficient (Wildman–Crippen LogP) is 2.79. The van der Waals surface area contributed by atoms with Gasteiger partial charge in [0.1, 0.15) is 5.75 Å². The summed E-state index contributed by atoms with van der Waals surface area (Å²) in [7, 11) is 1.57. The van der Waals surface area contributed by atoms with Crippen LogP contribution in [-0.2, 0) is 4.79 Å². The van der Waals surface area contributed by atoms with Gasteiger partial charge in [0.15, 0.2) is 0 Å². The predicted molar refractivity (Wildman–Crippen MR) is 67.9 cm³/mol. The number of rotatable bonds is 5. The van der Waals surface area contributed by atoms with Crippen molar-refractivity contribution in [2.75, 3.05) is 19.0 Å². The Balaban J connectivity index is 2.69. The van der Waals surface area contributed by atoms with Gasteiger partial charge in [0.2, 0.25) is 0 Å². The number of methoxy groups -OCH3 is 1. The van der Waals surface area contributed by atoms with E-state index in [1.54, 1.807) is 31.4 Å². The Morgan fingerprint density at radius 3 is 2.88 bits per heavy atom. The second-order valence-corrected chi connectivity index (χ2v) is 3.83. The van der Waals surface area contributed by atoms with E-state index in [0.717, 1.165) is 0 Å². The Kier molecular flexibility index (Phi) is 4.84. The molecule has 0 saturated heterocycles. The summed E-state index contributed by atoms with van der Waals surface area (Å²) in [5.41, 5.74) is 0.997. The maximum Gasteiger partial charge on any atom is 0.331 e. The molecule has 1 aromatic rings. The number of benzene rings is 1. The third-order valence-corrected chi connectivity index (χ3v) is 2.54. The van der Waals surface area contributed by atoms with Crippen molar-refractivity contribution in [3.63, 3.8) is 0 Å². The van der Waals surface area contributed by atoms with Gasteiger partial charge in [-0.15, -0.1) is 0 Å². The summed E-state index contributed by atoms with van der Waals surface area (Å²) in [6, 6.07) is 5.23. The molecular weight excluding hydrogens is 242 g/mol. The molecule has 0 aliphatic heterocycles. The first-order chi connectivity index (χ1) is 8.04. The molecule has 92 valence electrons. The normalized spacial score (nSPS) is 11.1. The molecule has 0 spiro atoms. The van der Waals surface area contributed by atoms with Crippen molar-refractivity contribution in [3.8, 4) is 5.75 Å². The largest absolute Gasteiger partial charge is 0.497 e. The van der Waals surface area contributed by atoms with Gasteiger partial charge in [0.25, 0.3) is 0 Å². The maximum absolute atomic E-state index is 10.6. The van der Waals surface area contributed by atoms with Crippen LogP contribution in [0.4, 0.5) is 5.69 Å². The highest BCUT2D eigenvalue weighted by atomic mass is 35.5. The minimum atomic E-state index is -0.927. The van der Waals surface area contributed by atoms with Crippen LogP contribution >= 0.6 is 11.6 Å². The van der Waals surface area contributed by atoms with Gasteiger partial charge in [-0.3, -0.25) is 0 Å². The van der Waals surface area contributed by atoms with Crippen molar-refractivity contribution >= 4 is 23.3 Å². The number of nitrogens with one attached hydrogen (secondary N) is 1. The Morgan fingerprint density at radius 2 is 2.29 bits per heavy atom. The molecule has 0 bridgehead atoms. The van der Waals surface area contributed by atoms with Gasteiger partial charge in [-0.2, -0.15) is 0 Å². The van der Waals surface area contributed by atoms with Crippen LogP contribution < -0.4 is 10.1 Å². The molecule has 0 fully saturated rings. The van der Waals surface area contributed by atoms with Crippen molar-refractivity contribution in [3.05, 3.63) is 34.9 Å². The molecule has 0 radical (unpaired) electrons. The zero-order chi connectivity index (χ0) is 12.8. The molecule has 2 N–H and O–H groups in total. The molecule has 0 aliphatic carbocycles. The molecule has 0 amide bonds. The number of ether oxygens (including phenoxy) is 1. The first-order valence-electron chi connectivity index (χ1n) is 5.02. The van der Waals surface area contributed by atoms with Gasteiger partial charge in [-0.25, -0.2) is 4.79 Å². The van der Waals surface area contributed by atoms with Crippen molar-refractivity contribution in [2.45, 2.75) is 6.92 Å². The highest BCUT2D eigenvalue weighted by molar-refractivity contribution is 6.33. The van der Waals surface area contributed by atoms with E-state index in [1.807, 2.05) is 0 Å². The van der Waals surface area contributed by atoms with E-state index in [0.29, 0.717) is 23.0 Å². The fourth-order valence-electron chi connectivity index (χ4n) is 1.17. The molecular formula is C12H14ClNO3. The number of carboxylic acids is 1. The molecule has 0 saturated carbocycles. The first-order valence-corrected chi connectivity index (χ1v) is 5.40. The summed E-state index contributed by atoms with van der Waals surface area (Å²) in [5.74, 6) is -0.237. The molecule has 0 atom stereocenters. The third kappa shape index (κ3) is 4.00. The average Bonchev–Trinajstić information content (AvgIpc) is 2.31. The lowest BCUT2D eigenvalue weighted by Crippen LogP contribution is -2.03. The van der Waals surface area contributed by atoms with E-state index in [9.17, 15) is 4.79 Å². The lowest BCUT2D eigenvalue weighted by molar-refractivity contribution is -0.132. The minimum Gasteiger partial charge on any atom is -0.497 e. The van der Waals surface area contributed by atoms with E-state index in [-0.39, 0.29) is 5.57 Å². The van der Waals surface area contributed by atoms with Gasteiger partial charge >= 0.3 is 5.97 Å². The molecule has 0 unspecified atom stereocenters. The first kappa shape index (κ1) is 13.4. The molecule has 5 heteroatoms. The quantitative estimate of drug-likeness (QED) is 0.795. The Bertz CT molecular complexity index is 443. The summed E-state index contributed by atoms with van der Waals surface area (Å²) in [6.45, 7) is 1.93. The number of carboxylic acid groups (broad SMARTS) is 1. The zero-order valence-electron chi connectivity index (χ0n) is 9.66. The molecule has 0 heterocycles. The number of anilines is 1. The van der Waals surface area contributed by atoms with Crippen LogP contribution in [-0.4, -0.2) is 24.7 Å². The van der Waals surface area contributed by atoms with E-state index < -0.39 is 5.97 Å². The third-order valence-electron chi connectivity index (χ3n) is 2.21. The van der Waals surface area contributed by atoms with Crippen LogP contribution in [0, 0.1) is 0 Å². The zero-order valence-corrected chi connectivity index (χ0v) is 10.4. The minimum absolute atomic E-state index is 0.288. The van der Waals surface area contributed by atoms with Crippen LogP contribution in [0.15, 0.2) is 29.8 Å². The summed E-state index contributed by atoms with van der Waals surface area (Å²) < 4.78 is 5.07. The monoisotopic (exact) mass is 255 g/mol. The van der Waals surface area contributed by atoms with Gasteiger partial charge in [-0.1, -0.05) is 17.7 Å². The van der Waals surface area contributed by atoms with Gasteiger partial charge < -0.3 is 15.2 Å². The van der Waals surface area contributed by atoms with E-state index in [1.165, 1.54) is 6.92 Å². The fraction of sp³-hybridized carbons (Fsp3) is 0.250. The summed E-state index contributed by atoms with van der Waals surface area (Å²) in [5, 5.41) is 12.3. The lowest BCUT2D eigenvalue weighted by Gasteiger charge is -2.08. The van der Waals surface area contributed by atoms with Crippen molar-refractivity contribution in [2.24, 2.45) is 0 Å². The summed E-state index contributed by atoms with van der Waals surface area (Å²) in [6.07, 6.45) is 1.58. The second kappa shape index (κ2) is 6.15. The standard InChI is InChI=1S/C12H14ClNO3/c1-8(12(15)16)5-6-14-11-7-9(17-2)3-4-10(11)13/h3-5,7,14H,6H2,1-2H3,(H,15,16)/b8-5-. The number of hydrogen-bond acceptors (Lipinski definition) is 3. The molecule has 17 heavy (non-hydrogen) atoms. The Labute approximate surface area is 105 Å². The molecule has 1 rings (SSSR count).